The molecule has 14 heteroatoms. The van der Waals surface area contributed by atoms with E-state index < -0.39 is 72.6 Å². The van der Waals surface area contributed by atoms with Crippen molar-refractivity contribution in [3.8, 4) is 0 Å². The van der Waals surface area contributed by atoms with Gasteiger partial charge in [0.1, 0.15) is 18.1 Å². The van der Waals surface area contributed by atoms with Gasteiger partial charge in [0.25, 0.3) is 0 Å². The molecule has 1 aliphatic heterocycles. The van der Waals surface area contributed by atoms with Crippen LogP contribution in [0.15, 0.2) is 0 Å². The zero-order valence-electron chi connectivity index (χ0n) is 16.6. The van der Waals surface area contributed by atoms with Gasteiger partial charge in [-0.15, -0.1) is 0 Å². The van der Waals surface area contributed by atoms with Crippen molar-refractivity contribution < 1.29 is 39.0 Å². The molecule has 1 fully saturated rings. The molecule has 0 aromatic rings. The van der Waals surface area contributed by atoms with E-state index in [-0.39, 0.29) is 12.2 Å². The number of amides is 4. The molecule has 0 aromatic heterocycles. The summed E-state index contributed by atoms with van der Waals surface area (Å²) in [5, 5.41) is 27.8. The first-order chi connectivity index (χ1) is 14.5. The summed E-state index contributed by atoms with van der Waals surface area (Å²) < 4.78 is 0. The fraction of sp³-hybridized carbons (Fsp3) is 0.647. The van der Waals surface area contributed by atoms with Crippen LogP contribution in [0, 0.1) is 0 Å². The third-order valence-corrected chi connectivity index (χ3v) is 4.86. The molecule has 1 rings (SSSR count). The molecule has 174 valence electrons. The Morgan fingerprint density at radius 2 is 1.61 bits per heavy atom. The van der Waals surface area contributed by atoms with Crippen molar-refractivity contribution >= 4 is 48.2 Å². The second-order valence-corrected chi connectivity index (χ2v) is 7.32. The van der Waals surface area contributed by atoms with Crippen molar-refractivity contribution in [2.75, 3.05) is 12.3 Å². The maximum absolute atomic E-state index is 12.6. The molecule has 4 atom stereocenters. The van der Waals surface area contributed by atoms with Gasteiger partial charge in [0, 0.05) is 12.2 Å². The Kier molecular flexibility index (Phi) is 10.8. The number of carboxylic acid groups (broad SMARTS) is 2. The number of hydrogen-bond donors (Lipinski definition) is 8. The van der Waals surface area contributed by atoms with E-state index in [2.05, 4.69) is 33.9 Å². The van der Waals surface area contributed by atoms with Crippen molar-refractivity contribution in [1.82, 2.24) is 21.3 Å². The van der Waals surface area contributed by atoms with Crippen molar-refractivity contribution in [3.05, 3.63) is 0 Å². The van der Waals surface area contributed by atoms with Crippen LogP contribution in [0.25, 0.3) is 0 Å². The Bertz CT molecular complexity index is 713. The van der Waals surface area contributed by atoms with Crippen LogP contribution in [-0.2, 0) is 28.8 Å². The van der Waals surface area contributed by atoms with Crippen molar-refractivity contribution in [3.63, 3.8) is 0 Å². The molecule has 4 unspecified atom stereocenters. The molecule has 13 nitrogen and oxygen atoms in total. The van der Waals surface area contributed by atoms with Crippen LogP contribution < -0.4 is 27.0 Å². The summed E-state index contributed by atoms with van der Waals surface area (Å²) in [6.07, 6.45) is -0.135. The van der Waals surface area contributed by atoms with E-state index in [1.165, 1.54) is 0 Å². The average Bonchev–Trinajstić information content (AvgIpc) is 3.22. The van der Waals surface area contributed by atoms with Crippen LogP contribution in [0.5, 0.6) is 0 Å². The summed E-state index contributed by atoms with van der Waals surface area (Å²) in [6.45, 7) is 0.670. The van der Waals surface area contributed by atoms with Crippen LogP contribution in [0.4, 0.5) is 0 Å². The van der Waals surface area contributed by atoms with Gasteiger partial charge < -0.3 is 37.2 Å². The Morgan fingerprint density at radius 1 is 1.00 bits per heavy atom. The summed E-state index contributed by atoms with van der Waals surface area (Å²) >= 11 is 4.03. The zero-order valence-corrected chi connectivity index (χ0v) is 17.5. The minimum Gasteiger partial charge on any atom is -0.481 e. The molecule has 0 bridgehead atoms. The topological polar surface area (TPSA) is 217 Å². The largest absolute Gasteiger partial charge is 0.481 e. The molecular formula is C17H27N5O8S. The van der Waals surface area contributed by atoms with Gasteiger partial charge in [0.2, 0.25) is 23.6 Å². The Hall–Kier alpha value is -2.87. The predicted molar refractivity (Wildman–Crippen MR) is 109 cm³/mol. The number of nitrogens with two attached hydrogens (primary N) is 1. The SMILES string of the molecule is NC(=O)CC(NC(=O)C(CCC(=O)O)NC(=O)C(CS)NC(=O)C1CCCN1)C(=O)O. The third-order valence-electron chi connectivity index (χ3n) is 4.49. The first-order valence-corrected chi connectivity index (χ1v) is 10.2. The van der Waals surface area contributed by atoms with Gasteiger partial charge in [-0.25, -0.2) is 4.79 Å². The monoisotopic (exact) mass is 461 g/mol. The normalized spacial score (nSPS) is 18.3. The lowest BCUT2D eigenvalue weighted by molar-refractivity contribution is -0.144. The smallest absolute Gasteiger partial charge is 0.326 e. The number of carbonyl (C=O) groups excluding carboxylic acids is 4. The molecule has 1 aliphatic rings. The lowest BCUT2D eigenvalue weighted by Crippen LogP contribution is -2.57. The van der Waals surface area contributed by atoms with Crippen molar-refractivity contribution in [2.45, 2.75) is 56.3 Å². The molecule has 31 heavy (non-hydrogen) atoms. The van der Waals surface area contributed by atoms with E-state index >= 15 is 0 Å². The molecule has 0 spiro atoms. The number of rotatable bonds is 13. The van der Waals surface area contributed by atoms with Crippen LogP contribution in [-0.4, -0.2) is 82.2 Å². The van der Waals surface area contributed by atoms with Crippen LogP contribution in [0.1, 0.15) is 32.1 Å². The molecule has 0 radical (unpaired) electrons. The highest BCUT2D eigenvalue weighted by atomic mass is 32.1. The van der Waals surface area contributed by atoms with Gasteiger partial charge in [0.15, 0.2) is 0 Å². The Morgan fingerprint density at radius 3 is 2.10 bits per heavy atom. The van der Waals surface area contributed by atoms with Crippen LogP contribution in [0.3, 0.4) is 0 Å². The van der Waals surface area contributed by atoms with Crippen LogP contribution >= 0.6 is 12.6 Å². The summed E-state index contributed by atoms with van der Waals surface area (Å²) in [6, 6.07) is -4.64. The minimum atomic E-state index is -1.65. The fourth-order valence-electron chi connectivity index (χ4n) is 2.86. The van der Waals surface area contributed by atoms with Crippen LogP contribution in [0.2, 0.25) is 0 Å². The summed E-state index contributed by atoms with van der Waals surface area (Å²) in [7, 11) is 0. The number of carboxylic acids is 2. The van der Waals surface area contributed by atoms with Gasteiger partial charge in [-0.1, -0.05) is 0 Å². The molecule has 0 aliphatic carbocycles. The van der Waals surface area contributed by atoms with E-state index in [0.29, 0.717) is 13.0 Å². The molecule has 1 saturated heterocycles. The van der Waals surface area contributed by atoms with E-state index in [1.807, 2.05) is 0 Å². The number of aliphatic carboxylic acids is 2. The lowest BCUT2D eigenvalue weighted by atomic mass is 10.1. The second kappa shape index (κ2) is 12.7. The van der Waals surface area contributed by atoms with Crippen molar-refractivity contribution in [2.24, 2.45) is 5.73 Å². The number of primary amides is 1. The third kappa shape index (κ3) is 9.21. The molecular weight excluding hydrogens is 434 g/mol. The lowest BCUT2D eigenvalue weighted by Gasteiger charge is -2.24. The average molecular weight is 461 g/mol. The van der Waals surface area contributed by atoms with Crippen molar-refractivity contribution in [1.29, 1.82) is 0 Å². The van der Waals surface area contributed by atoms with Gasteiger partial charge in [0.05, 0.1) is 12.5 Å². The zero-order chi connectivity index (χ0) is 23.6. The summed E-state index contributed by atoms with van der Waals surface area (Å²) in [4.78, 5) is 70.4. The van der Waals surface area contributed by atoms with Gasteiger partial charge in [-0.05, 0) is 25.8 Å². The molecule has 4 amide bonds. The highest BCUT2D eigenvalue weighted by molar-refractivity contribution is 7.80. The van der Waals surface area contributed by atoms with E-state index in [0.717, 1.165) is 6.42 Å². The van der Waals surface area contributed by atoms with Gasteiger partial charge in [-0.3, -0.25) is 24.0 Å². The number of carbonyl (C=O) groups is 6. The first-order valence-electron chi connectivity index (χ1n) is 9.53. The minimum absolute atomic E-state index is 0.100. The molecule has 0 saturated carbocycles. The van der Waals surface area contributed by atoms with Gasteiger partial charge >= 0.3 is 11.9 Å². The quantitative estimate of drug-likeness (QED) is 0.130. The number of hydrogen-bond acceptors (Lipinski definition) is 8. The van der Waals surface area contributed by atoms with E-state index in [9.17, 15) is 28.8 Å². The second-order valence-electron chi connectivity index (χ2n) is 6.96. The maximum Gasteiger partial charge on any atom is 0.326 e. The molecule has 1 heterocycles. The first kappa shape index (κ1) is 26.2. The summed E-state index contributed by atoms with van der Waals surface area (Å²) in [5.41, 5.74) is 4.96. The standard InChI is InChI=1S/C17H27N5O8S/c18-12(23)6-10(17(29)30)21-15(27)9(3-4-13(24)25)20-16(28)11(7-31)22-14(26)8-2-1-5-19-8/h8-11,19,31H,1-7H2,(H2,18,23)(H,20,28)(H,21,27)(H,22,26)(H,24,25)(H,29,30). The van der Waals surface area contributed by atoms with E-state index in [4.69, 9.17) is 15.9 Å². The highest BCUT2D eigenvalue weighted by Gasteiger charge is 2.31. The molecule has 8 N–H and O–H groups in total. The number of nitrogens with one attached hydrogen (secondary N) is 4. The maximum atomic E-state index is 12.6. The predicted octanol–water partition coefficient (Wildman–Crippen LogP) is -3.05. The fourth-order valence-corrected chi connectivity index (χ4v) is 3.11. The Labute approximate surface area is 183 Å². The van der Waals surface area contributed by atoms with Gasteiger partial charge in [-0.2, -0.15) is 12.6 Å². The Balaban J connectivity index is 2.84. The molecule has 0 aromatic carbocycles. The van der Waals surface area contributed by atoms with E-state index in [1.54, 1.807) is 0 Å². The highest BCUT2D eigenvalue weighted by Crippen LogP contribution is 2.06. The summed E-state index contributed by atoms with van der Waals surface area (Å²) in [5.74, 6) is -6.07. The number of thiol groups is 1.